The Labute approximate surface area is 149 Å². The Hall–Kier alpha value is -0.0800. The van der Waals surface area contributed by atoms with Crippen LogP contribution in [0.25, 0.3) is 0 Å². The Morgan fingerprint density at radius 3 is 2.21 bits per heavy atom. The van der Waals surface area contributed by atoms with E-state index in [4.69, 9.17) is 4.74 Å². The Bertz CT molecular complexity index is 395. The minimum absolute atomic E-state index is 0. The average Bonchev–Trinajstić information content (AvgIpc) is 3.09. The highest BCUT2D eigenvalue weighted by Gasteiger charge is 2.51. The number of hydrogen-bond donors (Lipinski definition) is 0. The van der Waals surface area contributed by atoms with Crippen molar-refractivity contribution in [2.75, 3.05) is 6.61 Å². The van der Waals surface area contributed by atoms with Crippen LogP contribution in [0.5, 0.6) is 0 Å². The molecule has 4 rings (SSSR count). The third-order valence-corrected chi connectivity index (χ3v) is 7.84. The van der Waals surface area contributed by atoms with E-state index in [-0.39, 0.29) is 5.48 Å². The van der Waals surface area contributed by atoms with Crippen LogP contribution in [0.3, 0.4) is 0 Å². The highest BCUT2D eigenvalue weighted by atomic mass is 16.5. The van der Waals surface area contributed by atoms with Crippen LogP contribution in [0.15, 0.2) is 0 Å². The lowest BCUT2D eigenvalue weighted by Gasteiger charge is -2.43. The maximum atomic E-state index is 6.41. The largest absolute Gasteiger partial charge is 0.412 e. The molecule has 1 aliphatic heterocycles. The number of hydrogen-bond acceptors (Lipinski definition) is 1. The fraction of sp³-hybridized carbons (Fsp3) is 1.00. The van der Waals surface area contributed by atoms with Gasteiger partial charge in [0.15, 0.2) is 0 Å². The van der Waals surface area contributed by atoms with E-state index < -0.39 is 0 Å². The maximum absolute atomic E-state index is 6.41. The molecule has 0 spiro atoms. The van der Waals surface area contributed by atoms with Gasteiger partial charge >= 0.3 is 0 Å². The van der Waals surface area contributed by atoms with Crippen molar-refractivity contribution in [2.45, 2.75) is 97.0 Å². The highest BCUT2D eigenvalue weighted by Crippen LogP contribution is 2.54. The van der Waals surface area contributed by atoms with Gasteiger partial charge in [0.05, 0.1) is 12.7 Å². The highest BCUT2D eigenvalue weighted by molar-refractivity contribution is 5.00. The van der Waals surface area contributed by atoms with Gasteiger partial charge < -0.3 is 10.2 Å². The second-order valence-corrected chi connectivity index (χ2v) is 10.1. The van der Waals surface area contributed by atoms with Crippen molar-refractivity contribution in [3.63, 3.8) is 0 Å². The molecule has 2 heteroatoms. The van der Waals surface area contributed by atoms with Gasteiger partial charge in [-0.05, 0) is 47.8 Å². The van der Waals surface area contributed by atoms with Gasteiger partial charge in [0, 0.05) is 0 Å². The average molecular weight is 337 g/mol. The summed E-state index contributed by atoms with van der Waals surface area (Å²) in [5.41, 5.74) is 0.425. The first-order valence-electron chi connectivity index (χ1n) is 10.7. The number of ether oxygens (including phenoxy) is 1. The molecule has 3 saturated carbocycles. The fourth-order valence-corrected chi connectivity index (χ4v) is 6.18. The summed E-state index contributed by atoms with van der Waals surface area (Å²) in [5.74, 6) is 4.86. The van der Waals surface area contributed by atoms with Gasteiger partial charge in [-0.15, -0.1) is 0 Å². The van der Waals surface area contributed by atoms with Crippen LogP contribution in [0.4, 0.5) is 0 Å². The molecule has 24 heavy (non-hydrogen) atoms. The van der Waals surface area contributed by atoms with Crippen LogP contribution in [0.1, 0.15) is 90.9 Å². The molecular weight excluding hydrogens is 296 g/mol. The topological polar surface area (TPSA) is 40.7 Å². The minimum atomic E-state index is 0. The van der Waals surface area contributed by atoms with E-state index in [1.54, 1.807) is 0 Å². The van der Waals surface area contributed by atoms with Crippen molar-refractivity contribution in [1.29, 1.82) is 0 Å². The molecule has 0 bridgehead atoms. The monoisotopic (exact) mass is 336 g/mol. The van der Waals surface area contributed by atoms with Crippen molar-refractivity contribution >= 4 is 0 Å². The van der Waals surface area contributed by atoms with E-state index in [1.807, 2.05) is 0 Å². The molecule has 0 aromatic rings. The third kappa shape index (κ3) is 4.01. The van der Waals surface area contributed by atoms with Gasteiger partial charge in [0.2, 0.25) is 0 Å². The summed E-state index contributed by atoms with van der Waals surface area (Å²) in [6, 6.07) is 0. The molecule has 2 N–H and O–H groups in total. The fourth-order valence-electron chi connectivity index (χ4n) is 6.18. The molecule has 0 aromatic carbocycles. The summed E-state index contributed by atoms with van der Waals surface area (Å²) in [7, 11) is 0. The molecule has 4 fully saturated rings. The van der Waals surface area contributed by atoms with Crippen LogP contribution >= 0.6 is 0 Å². The zero-order chi connectivity index (χ0) is 15.9. The lowest BCUT2D eigenvalue weighted by molar-refractivity contribution is -0.0242. The van der Waals surface area contributed by atoms with E-state index in [2.05, 4.69) is 13.8 Å². The molecule has 2 unspecified atom stereocenters. The first kappa shape index (κ1) is 18.7. The molecule has 4 atom stereocenters. The van der Waals surface area contributed by atoms with Gasteiger partial charge in [-0.1, -0.05) is 78.1 Å². The molecule has 0 radical (unpaired) electrons. The summed E-state index contributed by atoms with van der Waals surface area (Å²) in [6.45, 7) is 5.96. The predicted molar refractivity (Wildman–Crippen MR) is 100.0 cm³/mol. The summed E-state index contributed by atoms with van der Waals surface area (Å²) < 4.78 is 6.41. The van der Waals surface area contributed by atoms with E-state index in [0.717, 1.165) is 36.2 Å². The minimum Gasteiger partial charge on any atom is -0.412 e. The molecule has 0 aromatic heterocycles. The smallest absolute Gasteiger partial charge is 0.0640 e. The van der Waals surface area contributed by atoms with Gasteiger partial charge in [0.25, 0.3) is 0 Å². The molecule has 1 heterocycles. The van der Waals surface area contributed by atoms with Crippen molar-refractivity contribution in [3.8, 4) is 0 Å². The molecule has 4 aliphatic rings. The number of rotatable bonds is 6. The number of unbranched alkanes of at least 4 members (excludes halogenated alkanes) is 1. The second-order valence-electron chi connectivity index (χ2n) is 10.1. The van der Waals surface area contributed by atoms with Gasteiger partial charge in [-0.3, -0.25) is 0 Å². The SMILES string of the molecule is CC1(C)CO[C@@H]2C(C3CCCC3)C[C@H](CCCCC3CC3)CC21.O. The number of fused-ring (bicyclic) bond motifs is 1. The Balaban J connectivity index is 0.00000169. The van der Waals surface area contributed by atoms with Crippen LogP contribution in [-0.2, 0) is 4.74 Å². The van der Waals surface area contributed by atoms with Crippen molar-refractivity contribution in [3.05, 3.63) is 0 Å². The summed E-state index contributed by atoms with van der Waals surface area (Å²) in [4.78, 5) is 0. The Kier molecular flexibility index (Phi) is 5.97. The zero-order valence-corrected chi connectivity index (χ0v) is 16.1. The van der Waals surface area contributed by atoms with Gasteiger partial charge in [-0.25, -0.2) is 0 Å². The van der Waals surface area contributed by atoms with Crippen molar-refractivity contribution in [2.24, 2.45) is 35.0 Å². The molecule has 140 valence electrons. The first-order valence-corrected chi connectivity index (χ1v) is 10.7. The molecule has 3 aliphatic carbocycles. The summed E-state index contributed by atoms with van der Waals surface area (Å²) in [5, 5.41) is 0. The lowest BCUT2D eigenvalue weighted by atomic mass is 9.61. The van der Waals surface area contributed by atoms with Crippen molar-refractivity contribution in [1.82, 2.24) is 0 Å². The second kappa shape index (κ2) is 7.66. The zero-order valence-electron chi connectivity index (χ0n) is 16.1. The van der Waals surface area contributed by atoms with Crippen LogP contribution < -0.4 is 0 Å². The van der Waals surface area contributed by atoms with Crippen LogP contribution in [-0.4, -0.2) is 18.2 Å². The normalized spacial score (nSPS) is 38.8. The van der Waals surface area contributed by atoms with E-state index in [1.165, 1.54) is 77.0 Å². The van der Waals surface area contributed by atoms with E-state index in [0.29, 0.717) is 11.5 Å². The summed E-state index contributed by atoms with van der Waals surface area (Å²) >= 11 is 0. The quantitative estimate of drug-likeness (QED) is 0.599. The molecule has 2 nitrogen and oxygen atoms in total. The molecule has 1 saturated heterocycles. The van der Waals surface area contributed by atoms with E-state index >= 15 is 0 Å². The Morgan fingerprint density at radius 2 is 1.54 bits per heavy atom. The van der Waals surface area contributed by atoms with Crippen molar-refractivity contribution < 1.29 is 10.2 Å². The predicted octanol–water partition coefficient (Wildman–Crippen LogP) is 5.39. The molecule has 0 amide bonds. The Morgan fingerprint density at radius 1 is 0.875 bits per heavy atom. The standard InChI is InChI=1S/C22H38O.H2O/c1-22(2)15-23-21-19(18-9-5-6-10-18)13-17(14-20(21)22)8-4-3-7-16-11-12-16;/h16-21H,3-15H2,1-2H3;1H2/t17-,19?,20?,21+;/m0./s1. The first-order chi connectivity index (χ1) is 11.1. The lowest BCUT2D eigenvalue weighted by Crippen LogP contribution is -2.41. The van der Waals surface area contributed by atoms with Gasteiger partial charge in [0.1, 0.15) is 0 Å². The third-order valence-electron chi connectivity index (χ3n) is 7.84. The van der Waals surface area contributed by atoms with Gasteiger partial charge in [-0.2, -0.15) is 0 Å². The molecular formula is C22H40O2. The summed E-state index contributed by atoms with van der Waals surface area (Å²) in [6.07, 6.45) is 18.6. The van der Waals surface area contributed by atoms with Crippen LogP contribution in [0.2, 0.25) is 0 Å². The maximum Gasteiger partial charge on any atom is 0.0640 e. The van der Waals surface area contributed by atoms with Crippen LogP contribution in [0, 0.1) is 35.0 Å². The van der Waals surface area contributed by atoms with E-state index in [9.17, 15) is 0 Å².